The number of carbonyl (C=O) groups excluding carboxylic acids is 1. The van der Waals surface area contributed by atoms with Gasteiger partial charge in [-0.1, -0.05) is 54.6 Å². The molecule has 1 atom stereocenters. The quantitative estimate of drug-likeness (QED) is 0.670. The number of benzene rings is 2. The van der Waals surface area contributed by atoms with Gasteiger partial charge in [-0.15, -0.1) is 11.3 Å². The van der Waals surface area contributed by atoms with Crippen molar-refractivity contribution in [3.8, 4) is 0 Å². The van der Waals surface area contributed by atoms with Crippen molar-refractivity contribution in [2.24, 2.45) is 0 Å². The normalized spacial score (nSPS) is 15.2. The van der Waals surface area contributed by atoms with Crippen molar-refractivity contribution in [2.45, 2.75) is 12.3 Å². The van der Waals surface area contributed by atoms with Crippen molar-refractivity contribution in [3.05, 3.63) is 93.9 Å². The zero-order chi connectivity index (χ0) is 18.8. The number of amides is 1. The Labute approximate surface area is 160 Å². The molecule has 27 heavy (non-hydrogen) atoms. The van der Waals surface area contributed by atoms with Crippen LogP contribution in [-0.2, 0) is 6.42 Å². The number of thiophene rings is 1. The number of carbonyl (C=O) groups is 2. The molecule has 4 rings (SSSR count). The molecule has 134 valence electrons. The molecule has 0 saturated heterocycles. The largest absolute Gasteiger partial charge is 0.478 e. The molecule has 0 bridgehead atoms. The van der Waals surface area contributed by atoms with Crippen molar-refractivity contribution < 1.29 is 14.7 Å². The van der Waals surface area contributed by atoms with Crippen LogP contribution in [0, 0.1) is 0 Å². The first-order valence-electron chi connectivity index (χ1n) is 8.60. The predicted octanol–water partition coefficient (Wildman–Crippen LogP) is 5.05. The summed E-state index contributed by atoms with van der Waals surface area (Å²) in [5.74, 6) is -1.36. The maximum atomic E-state index is 12.4. The van der Waals surface area contributed by atoms with E-state index in [0.717, 1.165) is 12.0 Å². The Kier molecular flexibility index (Phi) is 4.60. The number of carboxylic acids is 1. The summed E-state index contributed by atoms with van der Waals surface area (Å²) in [6.07, 6.45) is 4.82. The second kappa shape index (κ2) is 7.21. The molecule has 4 nitrogen and oxygen atoms in total. The lowest BCUT2D eigenvalue weighted by molar-refractivity contribution is 0.0697. The molecular formula is C22H17NO3S. The third-order valence-corrected chi connectivity index (χ3v) is 5.61. The van der Waals surface area contributed by atoms with Gasteiger partial charge in [0, 0.05) is 11.5 Å². The first kappa shape index (κ1) is 17.2. The molecule has 0 aliphatic heterocycles. The van der Waals surface area contributed by atoms with Crippen molar-refractivity contribution in [3.63, 3.8) is 0 Å². The van der Waals surface area contributed by atoms with Crippen molar-refractivity contribution >= 4 is 34.3 Å². The Morgan fingerprint density at radius 1 is 1.04 bits per heavy atom. The summed E-state index contributed by atoms with van der Waals surface area (Å²) in [5, 5.41) is 14.8. The zero-order valence-corrected chi connectivity index (χ0v) is 15.2. The van der Waals surface area contributed by atoms with E-state index in [0.29, 0.717) is 10.6 Å². The predicted molar refractivity (Wildman–Crippen MR) is 108 cm³/mol. The molecule has 2 N–H and O–H groups in total. The maximum Gasteiger partial charge on any atom is 0.339 e. The molecule has 0 unspecified atom stereocenters. The van der Waals surface area contributed by atoms with Crippen LogP contribution in [-0.4, -0.2) is 17.0 Å². The third-order valence-electron chi connectivity index (χ3n) is 4.70. The minimum Gasteiger partial charge on any atom is -0.478 e. The standard InChI is InChI=1S/C22H17NO3S/c24-20(15-7-2-1-3-8-15)23-21-19(22(25)26)18(13-27-21)17-11-10-14-6-4-5-9-16(14)12-17/h1-11,13,17H,12H2,(H,23,24)(H,25,26)/t17-/m1/s1. The van der Waals surface area contributed by atoms with Gasteiger partial charge in [-0.2, -0.15) is 0 Å². The van der Waals surface area contributed by atoms with Crippen LogP contribution < -0.4 is 5.32 Å². The van der Waals surface area contributed by atoms with E-state index in [1.807, 2.05) is 35.7 Å². The van der Waals surface area contributed by atoms with Crippen molar-refractivity contribution in [1.82, 2.24) is 0 Å². The molecule has 5 heteroatoms. The van der Waals surface area contributed by atoms with E-state index < -0.39 is 5.97 Å². The highest BCUT2D eigenvalue weighted by Crippen LogP contribution is 2.38. The second-order valence-electron chi connectivity index (χ2n) is 6.39. The SMILES string of the molecule is O=C(Nc1scc([C@@H]2C=Cc3ccccc3C2)c1C(=O)O)c1ccccc1. The van der Waals surface area contributed by atoms with Crippen LogP contribution in [0.2, 0.25) is 0 Å². The van der Waals surface area contributed by atoms with Gasteiger partial charge in [-0.3, -0.25) is 4.79 Å². The van der Waals surface area contributed by atoms with Crippen LogP contribution in [0.3, 0.4) is 0 Å². The molecule has 2 aromatic carbocycles. The van der Waals surface area contributed by atoms with Crippen LogP contribution >= 0.6 is 11.3 Å². The molecule has 0 radical (unpaired) electrons. The van der Waals surface area contributed by atoms with Crippen LogP contribution in [0.4, 0.5) is 5.00 Å². The Bertz CT molecular complexity index is 1040. The summed E-state index contributed by atoms with van der Waals surface area (Å²) >= 11 is 1.26. The number of rotatable bonds is 4. The summed E-state index contributed by atoms with van der Waals surface area (Å²) in [6, 6.07) is 16.9. The molecule has 1 aromatic heterocycles. The monoisotopic (exact) mass is 375 g/mol. The minimum atomic E-state index is -1.03. The van der Waals surface area contributed by atoms with E-state index >= 15 is 0 Å². The summed E-state index contributed by atoms with van der Waals surface area (Å²) in [5.41, 5.74) is 3.77. The fourth-order valence-corrected chi connectivity index (χ4v) is 4.35. The summed E-state index contributed by atoms with van der Waals surface area (Å²) < 4.78 is 0. The van der Waals surface area contributed by atoms with E-state index in [2.05, 4.69) is 17.4 Å². The topological polar surface area (TPSA) is 66.4 Å². The molecule has 1 amide bonds. The first-order valence-corrected chi connectivity index (χ1v) is 9.48. The highest BCUT2D eigenvalue weighted by molar-refractivity contribution is 7.15. The van der Waals surface area contributed by atoms with Crippen LogP contribution in [0.15, 0.2) is 66.1 Å². The molecule has 0 spiro atoms. The fourth-order valence-electron chi connectivity index (χ4n) is 3.34. The first-order chi connectivity index (χ1) is 13.1. The Hall–Kier alpha value is -3.18. The van der Waals surface area contributed by atoms with E-state index in [1.165, 1.54) is 22.5 Å². The van der Waals surface area contributed by atoms with Gasteiger partial charge < -0.3 is 10.4 Å². The molecule has 0 saturated carbocycles. The van der Waals surface area contributed by atoms with Gasteiger partial charge in [0.2, 0.25) is 0 Å². The maximum absolute atomic E-state index is 12.4. The lowest BCUT2D eigenvalue weighted by Gasteiger charge is -2.19. The van der Waals surface area contributed by atoms with Crippen LogP contribution in [0.25, 0.3) is 6.08 Å². The highest BCUT2D eigenvalue weighted by atomic mass is 32.1. The minimum absolute atomic E-state index is 0.0235. The zero-order valence-electron chi connectivity index (χ0n) is 14.4. The number of carboxylic acid groups (broad SMARTS) is 1. The molecule has 3 aromatic rings. The van der Waals surface area contributed by atoms with Gasteiger partial charge in [-0.05, 0) is 40.6 Å². The molecule has 1 heterocycles. The molecular weight excluding hydrogens is 358 g/mol. The number of fused-ring (bicyclic) bond motifs is 1. The molecule has 0 fully saturated rings. The number of aromatic carboxylic acids is 1. The lowest BCUT2D eigenvalue weighted by atomic mass is 9.85. The smallest absolute Gasteiger partial charge is 0.339 e. The summed E-state index contributed by atoms with van der Waals surface area (Å²) in [6.45, 7) is 0. The van der Waals surface area contributed by atoms with Gasteiger partial charge >= 0.3 is 5.97 Å². The summed E-state index contributed by atoms with van der Waals surface area (Å²) in [4.78, 5) is 24.4. The highest BCUT2D eigenvalue weighted by Gasteiger charge is 2.26. The van der Waals surface area contributed by atoms with Crippen LogP contribution in [0.5, 0.6) is 0 Å². The van der Waals surface area contributed by atoms with Gasteiger partial charge in [0.05, 0.1) is 5.56 Å². The van der Waals surface area contributed by atoms with Gasteiger partial charge in [-0.25, -0.2) is 4.79 Å². The van der Waals surface area contributed by atoms with Gasteiger partial charge in [0.1, 0.15) is 5.00 Å². The number of nitrogens with one attached hydrogen (secondary N) is 1. The van der Waals surface area contributed by atoms with Gasteiger partial charge in [0.25, 0.3) is 5.91 Å². The van der Waals surface area contributed by atoms with E-state index in [-0.39, 0.29) is 17.4 Å². The Morgan fingerprint density at radius 2 is 1.78 bits per heavy atom. The lowest BCUT2D eigenvalue weighted by Crippen LogP contribution is -2.15. The van der Waals surface area contributed by atoms with Crippen LogP contribution in [0.1, 0.15) is 43.3 Å². The van der Waals surface area contributed by atoms with Crippen molar-refractivity contribution in [2.75, 3.05) is 5.32 Å². The van der Waals surface area contributed by atoms with E-state index in [9.17, 15) is 14.7 Å². The molecule has 1 aliphatic rings. The number of anilines is 1. The van der Waals surface area contributed by atoms with E-state index in [4.69, 9.17) is 0 Å². The number of hydrogen-bond donors (Lipinski definition) is 2. The average Bonchev–Trinajstić information content (AvgIpc) is 3.12. The average molecular weight is 375 g/mol. The molecule has 1 aliphatic carbocycles. The van der Waals surface area contributed by atoms with Crippen molar-refractivity contribution in [1.29, 1.82) is 0 Å². The number of allylic oxidation sites excluding steroid dienone is 1. The van der Waals surface area contributed by atoms with E-state index in [1.54, 1.807) is 24.3 Å². The summed E-state index contributed by atoms with van der Waals surface area (Å²) in [7, 11) is 0. The fraction of sp³-hybridized carbons (Fsp3) is 0.0909. The second-order valence-corrected chi connectivity index (χ2v) is 7.27. The third kappa shape index (κ3) is 3.41. The number of hydrogen-bond acceptors (Lipinski definition) is 3. The van der Waals surface area contributed by atoms with Gasteiger partial charge in [0.15, 0.2) is 0 Å². The Morgan fingerprint density at radius 3 is 2.56 bits per heavy atom. The Balaban J connectivity index is 1.64.